The first-order valence-corrected chi connectivity index (χ1v) is 9.05. The molecule has 1 fully saturated rings. The molecule has 0 aliphatic heterocycles. The summed E-state index contributed by atoms with van der Waals surface area (Å²) in [6.07, 6.45) is 3.73. The molecule has 0 saturated heterocycles. The van der Waals surface area contributed by atoms with Gasteiger partial charge >= 0.3 is 0 Å². The zero-order chi connectivity index (χ0) is 13.9. The van der Waals surface area contributed by atoms with Crippen LogP contribution in [0.1, 0.15) is 25.7 Å². The number of halogens is 2. The van der Waals surface area contributed by atoms with E-state index in [1.165, 1.54) is 0 Å². The quantitative estimate of drug-likeness (QED) is 0.773. The van der Waals surface area contributed by atoms with Crippen molar-refractivity contribution in [3.63, 3.8) is 0 Å². The van der Waals surface area contributed by atoms with Crippen molar-refractivity contribution < 1.29 is 13.2 Å². The Bertz CT molecular complexity index is 519. The zero-order valence-electron chi connectivity index (χ0n) is 10.4. The summed E-state index contributed by atoms with van der Waals surface area (Å²) in [4.78, 5) is 0. The van der Waals surface area contributed by atoms with Crippen LogP contribution in [-0.4, -0.2) is 20.8 Å². The van der Waals surface area contributed by atoms with Crippen LogP contribution in [0.25, 0.3) is 0 Å². The molecule has 2 rings (SSSR count). The fraction of sp³-hybridized carbons (Fsp3) is 0.538. The minimum atomic E-state index is -3.51. The molecule has 19 heavy (non-hydrogen) atoms. The molecule has 0 radical (unpaired) electrons. The van der Waals surface area contributed by atoms with Gasteiger partial charge in [0.2, 0.25) is 9.05 Å². The summed E-state index contributed by atoms with van der Waals surface area (Å²) >= 11 is 5.80. The van der Waals surface area contributed by atoms with E-state index in [2.05, 4.69) is 0 Å². The highest BCUT2D eigenvalue weighted by molar-refractivity contribution is 8.13. The van der Waals surface area contributed by atoms with E-state index in [1.807, 2.05) is 0 Å². The molecule has 0 N–H and O–H groups in total. The molecule has 106 valence electrons. The van der Waals surface area contributed by atoms with Gasteiger partial charge in [-0.1, -0.05) is 24.4 Å². The van der Waals surface area contributed by atoms with Crippen molar-refractivity contribution in [2.45, 2.75) is 25.7 Å². The number of hydrogen-bond acceptors (Lipinski definition) is 3. The number of rotatable bonds is 5. The lowest BCUT2D eigenvalue weighted by molar-refractivity contribution is 0.171. The maximum absolute atomic E-state index is 11.3. The maximum atomic E-state index is 11.3. The Hall–Kier alpha value is -0.450. The van der Waals surface area contributed by atoms with Gasteiger partial charge in [-0.25, -0.2) is 8.42 Å². The highest BCUT2D eigenvalue weighted by atomic mass is 35.7. The van der Waals surface area contributed by atoms with Gasteiger partial charge in [0, 0.05) is 21.1 Å². The van der Waals surface area contributed by atoms with Crippen molar-refractivity contribution in [2.24, 2.45) is 5.41 Å². The van der Waals surface area contributed by atoms with Crippen LogP contribution < -0.4 is 4.74 Å². The summed E-state index contributed by atoms with van der Waals surface area (Å²) in [7, 11) is 1.90. The summed E-state index contributed by atoms with van der Waals surface area (Å²) < 4.78 is 28.4. The van der Waals surface area contributed by atoms with Crippen molar-refractivity contribution in [3.05, 3.63) is 29.3 Å². The summed E-state index contributed by atoms with van der Waals surface area (Å²) in [6, 6.07) is 7.05. The number of benzene rings is 1. The second kappa shape index (κ2) is 5.90. The summed E-state index contributed by atoms with van der Waals surface area (Å²) in [5, 5.41) is 0.645. The molecule has 1 aliphatic carbocycles. The van der Waals surface area contributed by atoms with Crippen molar-refractivity contribution in [3.8, 4) is 5.75 Å². The standard InChI is InChI=1S/C13H16Cl2O3S/c14-11-3-5-12(6-4-11)18-9-13(7-1-2-8-13)10-19(15,16)17/h3-6H,1-2,7-10H2. The SMILES string of the molecule is O=S(=O)(Cl)CC1(COc2ccc(Cl)cc2)CCCC1. The highest BCUT2D eigenvalue weighted by Crippen LogP contribution is 2.40. The lowest BCUT2D eigenvalue weighted by atomic mass is 9.90. The maximum Gasteiger partial charge on any atom is 0.233 e. The van der Waals surface area contributed by atoms with Crippen LogP contribution >= 0.6 is 22.3 Å². The van der Waals surface area contributed by atoms with Crippen molar-refractivity contribution in [2.75, 3.05) is 12.4 Å². The average molecular weight is 323 g/mol. The molecule has 0 spiro atoms. The molecule has 0 aromatic heterocycles. The van der Waals surface area contributed by atoms with Crippen LogP contribution in [0.5, 0.6) is 5.75 Å². The van der Waals surface area contributed by atoms with E-state index in [0.717, 1.165) is 25.7 Å². The molecule has 1 saturated carbocycles. The van der Waals surface area contributed by atoms with E-state index < -0.39 is 9.05 Å². The monoisotopic (exact) mass is 322 g/mol. The van der Waals surface area contributed by atoms with E-state index in [9.17, 15) is 8.42 Å². The molecule has 1 aliphatic rings. The van der Waals surface area contributed by atoms with E-state index in [4.69, 9.17) is 27.0 Å². The molecular weight excluding hydrogens is 307 g/mol. The molecule has 0 atom stereocenters. The molecule has 3 nitrogen and oxygen atoms in total. The fourth-order valence-electron chi connectivity index (χ4n) is 2.59. The normalized spacial score (nSPS) is 18.4. The Morgan fingerprint density at radius 3 is 2.26 bits per heavy atom. The van der Waals surface area contributed by atoms with Crippen LogP contribution in [0, 0.1) is 5.41 Å². The predicted molar refractivity (Wildman–Crippen MR) is 77.5 cm³/mol. The van der Waals surface area contributed by atoms with Gasteiger partial charge in [-0.15, -0.1) is 0 Å². The Morgan fingerprint density at radius 2 is 1.74 bits per heavy atom. The van der Waals surface area contributed by atoms with Crippen LogP contribution in [0.3, 0.4) is 0 Å². The van der Waals surface area contributed by atoms with Crippen molar-refractivity contribution >= 4 is 31.3 Å². The average Bonchev–Trinajstić information content (AvgIpc) is 2.75. The topological polar surface area (TPSA) is 43.4 Å². The molecule has 0 amide bonds. The van der Waals surface area contributed by atoms with Gasteiger partial charge in [-0.3, -0.25) is 0 Å². The van der Waals surface area contributed by atoms with Crippen molar-refractivity contribution in [1.29, 1.82) is 0 Å². The van der Waals surface area contributed by atoms with E-state index in [1.54, 1.807) is 24.3 Å². The molecule has 1 aromatic rings. The molecule has 6 heteroatoms. The van der Waals surface area contributed by atoms with E-state index in [-0.39, 0.29) is 11.2 Å². The largest absolute Gasteiger partial charge is 0.493 e. The third-order valence-electron chi connectivity index (χ3n) is 3.50. The number of ether oxygens (including phenoxy) is 1. The molecule has 0 unspecified atom stereocenters. The molecular formula is C13H16Cl2O3S. The van der Waals surface area contributed by atoms with Gasteiger partial charge in [-0.05, 0) is 37.1 Å². The molecule has 1 aromatic carbocycles. The Kier molecular flexibility index (Phi) is 4.64. The van der Waals surface area contributed by atoms with E-state index >= 15 is 0 Å². The fourth-order valence-corrected chi connectivity index (χ4v) is 4.51. The first kappa shape index (κ1) is 14.9. The highest BCUT2D eigenvalue weighted by Gasteiger charge is 2.38. The Morgan fingerprint density at radius 1 is 1.16 bits per heavy atom. The van der Waals surface area contributed by atoms with Crippen LogP contribution in [0.4, 0.5) is 0 Å². The second-order valence-electron chi connectivity index (χ2n) is 5.13. The number of hydrogen-bond donors (Lipinski definition) is 0. The van der Waals surface area contributed by atoms with Gasteiger partial charge in [0.15, 0.2) is 0 Å². The third-order valence-corrected chi connectivity index (χ3v) is 5.04. The second-order valence-corrected chi connectivity index (χ2v) is 8.35. The minimum Gasteiger partial charge on any atom is -0.493 e. The van der Waals surface area contributed by atoms with Gasteiger partial charge in [0.05, 0.1) is 12.4 Å². The van der Waals surface area contributed by atoms with Gasteiger partial charge in [-0.2, -0.15) is 0 Å². The predicted octanol–water partition coefficient (Wildman–Crippen LogP) is 3.85. The minimum absolute atomic E-state index is 0.0187. The van der Waals surface area contributed by atoms with E-state index in [0.29, 0.717) is 17.4 Å². The summed E-state index contributed by atoms with van der Waals surface area (Å²) in [5.74, 6) is 0.678. The van der Waals surface area contributed by atoms with Gasteiger partial charge in [0.1, 0.15) is 5.75 Å². The van der Waals surface area contributed by atoms with Crippen LogP contribution in [0.2, 0.25) is 5.02 Å². The lowest BCUT2D eigenvalue weighted by Crippen LogP contribution is -2.32. The first-order valence-electron chi connectivity index (χ1n) is 6.19. The van der Waals surface area contributed by atoms with Gasteiger partial charge in [0.25, 0.3) is 0 Å². The third kappa shape index (κ3) is 4.55. The zero-order valence-corrected chi connectivity index (χ0v) is 12.8. The first-order chi connectivity index (χ1) is 8.89. The Labute approximate surface area is 123 Å². The molecule has 0 heterocycles. The van der Waals surface area contributed by atoms with Crippen LogP contribution in [-0.2, 0) is 9.05 Å². The van der Waals surface area contributed by atoms with Crippen LogP contribution in [0.15, 0.2) is 24.3 Å². The lowest BCUT2D eigenvalue weighted by Gasteiger charge is -2.27. The molecule has 0 bridgehead atoms. The Balaban J connectivity index is 2.03. The smallest absolute Gasteiger partial charge is 0.233 e. The van der Waals surface area contributed by atoms with Crippen molar-refractivity contribution in [1.82, 2.24) is 0 Å². The van der Waals surface area contributed by atoms with Gasteiger partial charge < -0.3 is 4.74 Å². The summed E-state index contributed by atoms with van der Waals surface area (Å²) in [6.45, 7) is 0.376. The summed E-state index contributed by atoms with van der Waals surface area (Å²) in [5.41, 5.74) is -0.347.